The van der Waals surface area contributed by atoms with Crippen molar-refractivity contribution < 1.29 is 37.0 Å². The third kappa shape index (κ3) is 4.19. The summed E-state index contributed by atoms with van der Waals surface area (Å²) >= 11 is 0. The van der Waals surface area contributed by atoms with Crippen molar-refractivity contribution in [2.24, 2.45) is 5.92 Å². The van der Waals surface area contributed by atoms with Crippen LogP contribution in [0.2, 0.25) is 0 Å². The van der Waals surface area contributed by atoms with E-state index in [4.69, 9.17) is 14.2 Å². The van der Waals surface area contributed by atoms with E-state index in [9.17, 15) is 22.8 Å². The van der Waals surface area contributed by atoms with E-state index in [2.05, 4.69) is 5.32 Å². The molecule has 2 aliphatic heterocycles. The molecular weight excluding hydrogens is 403 g/mol. The maximum absolute atomic E-state index is 12.9. The molecule has 6 nitrogen and oxygen atoms in total. The van der Waals surface area contributed by atoms with Gasteiger partial charge in [0.25, 0.3) is 0 Å². The predicted octanol–water partition coefficient (Wildman–Crippen LogP) is 3.40. The van der Waals surface area contributed by atoms with Crippen LogP contribution in [0, 0.1) is 5.92 Å². The summed E-state index contributed by atoms with van der Waals surface area (Å²) in [6.07, 6.45) is -5.39. The second-order valence-corrected chi connectivity index (χ2v) is 7.04. The summed E-state index contributed by atoms with van der Waals surface area (Å²) in [4.78, 5) is 24.6. The lowest BCUT2D eigenvalue weighted by atomic mass is 9.94. The summed E-state index contributed by atoms with van der Waals surface area (Å²) in [5.74, 6) is -0.720. The Kier molecular flexibility index (Phi) is 5.27. The van der Waals surface area contributed by atoms with E-state index in [1.165, 1.54) is 12.1 Å². The van der Waals surface area contributed by atoms with Crippen LogP contribution in [0.25, 0.3) is 0 Å². The molecule has 30 heavy (non-hydrogen) atoms. The van der Waals surface area contributed by atoms with E-state index in [1.54, 1.807) is 18.2 Å². The minimum atomic E-state index is -4.46. The molecule has 0 radical (unpaired) electrons. The van der Waals surface area contributed by atoms with Crippen LogP contribution >= 0.6 is 0 Å². The van der Waals surface area contributed by atoms with Crippen molar-refractivity contribution >= 4 is 11.9 Å². The van der Waals surface area contributed by atoms with Crippen LogP contribution in [0.4, 0.5) is 13.2 Å². The van der Waals surface area contributed by atoms with Gasteiger partial charge in [-0.15, -0.1) is 0 Å². The Bertz CT molecular complexity index is 975. The fourth-order valence-corrected chi connectivity index (χ4v) is 3.50. The fraction of sp³-hybridized carbons (Fsp3) is 0.333. The van der Waals surface area contributed by atoms with Gasteiger partial charge in [-0.2, -0.15) is 13.2 Å². The van der Waals surface area contributed by atoms with Crippen molar-refractivity contribution in [1.29, 1.82) is 0 Å². The minimum absolute atomic E-state index is 0.0959. The van der Waals surface area contributed by atoms with Gasteiger partial charge in [-0.05, 0) is 35.4 Å². The number of benzene rings is 2. The molecular formula is C21H18F3NO5. The number of cyclic esters (lactones) is 1. The van der Waals surface area contributed by atoms with Gasteiger partial charge in [0, 0.05) is 6.54 Å². The lowest BCUT2D eigenvalue weighted by Gasteiger charge is -2.22. The first-order valence-corrected chi connectivity index (χ1v) is 9.34. The maximum atomic E-state index is 12.9. The van der Waals surface area contributed by atoms with Crippen LogP contribution in [-0.2, 0) is 27.0 Å². The Labute approximate surface area is 169 Å². The molecule has 0 saturated carbocycles. The summed E-state index contributed by atoms with van der Waals surface area (Å²) in [6.45, 7) is 0.731. The van der Waals surface area contributed by atoms with Crippen LogP contribution in [-0.4, -0.2) is 25.1 Å². The summed E-state index contributed by atoms with van der Waals surface area (Å²) in [7, 11) is 0. The van der Waals surface area contributed by atoms with E-state index in [0.717, 1.165) is 12.1 Å². The summed E-state index contributed by atoms with van der Waals surface area (Å²) in [5.41, 5.74) is 0.103. The zero-order valence-corrected chi connectivity index (χ0v) is 15.7. The van der Waals surface area contributed by atoms with Gasteiger partial charge in [-0.1, -0.05) is 18.2 Å². The lowest BCUT2D eigenvalue weighted by molar-refractivity contribution is -0.142. The van der Waals surface area contributed by atoms with Crippen molar-refractivity contribution in [3.8, 4) is 11.5 Å². The highest BCUT2D eigenvalue weighted by atomic mass is 19.4. The first-order valence-electron chi connectivity index (χ1n) is 9.34. The maximum Gasteiger partial charge on any atom is 0.416 e. The number of carbonyl (C=O) groups excluding carboxylic acids is 2. The molecule has 0 aromatic heterocycles. The second kappa shape index (κ2) is 7.89. The van der Waals surface area contributed by atoms with Gasteiger partial charge in [-0.25, -0.2) is 0 Å². The Balaban J connectivity index is 1.47. The summed E-state index contributed by atoms with van der Waals surface area (Å²) in [5, 5.41) is 2.61. The SMILES string of the molecule is O=C1C[C@H](C(=O)NCc2cccc(C(F)(F)F)c2)[C@@H](c2ccc3c(c2)OCCO3)O1. The Morgan fingerprint density at radius 3 is 2.60 bits per heavy atom. The van der Waals surface area contributed by atoms with Crippen molar-refractivity contribution in [1.82, 2.24) is 5.32 Å². The fourth-order valence-electron chi connectivity index (χ4n) is 3.50. The van der Waals surface area contributed by atoms with Crippen molar-refractivity contribution in [2.75, 3.05) is 13.2 Å². The van der Waals surface area contributed by atoms with Crippen molar-refractivity contribution in [3.05, 3.63) is 59.2 Å². The zero-order valence-electron chi connectivity index (χ0n) is 15.7. The molecule has 2 atom stereocenters. The number of nitrogens with one attached hydrogen (secondary N) is 1. The molecule has 1 saturated heterocycles. The number of alkyl halides is 3. The van der Waals surface area contributed by atoms with Crippen LogP contribution in [0.1, 0.15) is 29.2 Å². The Morgan fingerprint density at radius 2 is 1.83 bits per heavy atom. The Morgan fingerprint density at radius 1 is 1.07 bits per heavy atom. The highest BCUT2D eigenvalue weighted by Crippen LogP contribution is 2.40. The van der Waals surface area contributed by atoms with Crippen LogP contribution in [0.3, 0.4) is 0 Å². The molecule has 9 heteroatoms. The number of esters is 1. The number of carbonyl (C=O) groups is 2. The Hall–Kier alpha value is -3.23. The highest BCUT2D eigenvalue weighted by molar-refractivity contribution is 5.87. The molecule has 0 bridgehead atoms. The number of halogens is 3. The summed E-state index contributed by atoms with van der Waals surface area (Å²) in [6, 6.07) is 9.78. The quantitative estimate of drug-likeness (QED) is 0.767. The number of fused-ring (bicyclic) bond motifs is 1. The first kappa shape index (κ1) is 20.1. The molecule has 158 valence electrons. The average Bonchev–Trinajstić information content (AvgIpc) is 3.13. The number of hydrogen-bond acceptors (Lipinski definition) is 5. The highest BCUT2D eigenvalue weighted by Gasteiger charge is 2.41. The van der Waals surface area contributed by atoms with Crippen molar-refractivity contribution in [2.45, 2.75) is 25.2 Å². The largest absolute Gasteiger partial charge is 0.486 e. The van der Waals surface area contributed by atoms with Gasteiger partial charge in [0.2, 0.25) is 5.91 Å². The molecule has 1 fully saturated rings. The molecule has 1 N–H and O–H groups in total. The van der Waals surface area contributed by atoms with E-state index in [0.29, 0.717) is 35.8 Å². The second-order valence-electron chi connectivity index (χ2n) is 7.04. The van der Waals surface area contributed by atoms with Crippen LogP contribution in [0.5, 0.6) is 11.5 Å². The van der Waals surface area contributed by atoms with Crippen molar-refractivity contribution in [3.63, 3.8) is 0 Å². The number of rotatable bonds is 4. The molecule has 4 rings (SSSR count). The molecule has 0 spiro atoms. The van der Waals surface area contributed by atoms with E-state index >= 15 is 0 Å². The standard InChI is InChI=1S/C21H18F3NO5/c22-21(23,24)14-3-1-2-12(8-14)11-25-20(27)15-10-18(26)30-19(15)13-4-5-16-17(9-13)29-7-6-28-16/h1-5,8-9,15,19H,6-7,10-11H2,(H,25,27)/t15-,19+/m0/s1. The molecule has 0 aliphatic carbocycles. The molecule has 2 heterocycles. The van der Waals surface area contributed by atoms with Crippen LogP contribution < -0.4 is 14.8 Å². The molecule has 1 amide bonds. The minimum Gasteiger partial charge on any atom is -0.486 e. The van der Waals surface area contributed by atoms with E-state index in [-0.39, 0.29) is 13.0 Å². The van der Waals surface area contributed by atoms with Gasteiger partial charge >= 0.3 is 12.1 Å². The average molecular weight is 421 g/mol. The first-order chi connectivity index (χ1) is 14.3. The normalized spacial score (nSPS) is 20.6. The zero-order chi connectivity index (χ0) is 21.3. The van der Waals surface area contributed by atoms with Crippen LogP contribution in [0.15, 0.2) is 42.5 Å². The number of hydrogen-bond donors (Lipinski definition) is 1. The van der Waals surface area contributed by atoms with Gasteiger partial charge in [0.05, 0.1) is 17.9 Å². The summed E-state index contributed by atoms with van der Waals surface area (Å²) < 4.78 is 54.9. The lowest BCUT2D eigenvalue weighted by Crippen LogP contribution is -2.32. The van der Waals surface area contributed by atoms with Gasteiger partial charge in [-0.3, -0.25) is 9.59 Å². The number of amides is 1. The predicted molar refractivity (Wildman–Crippen MR) is 97.7 cm³/mol. The molecule has 2 aliphatic rings. The molecule has 0 unspecified atom stereocenters. The van der Waals surface area contributed by atoms with Gasteiger partial charge in [0.15, 0.2) is 11.5 Å². The van der Waals surface area contributed by atoms with E-state index < -0.39 is 35.6 Å². The number of ether oxygens (including phenoxy) is 3. The topological polar surface area (TPSA) is 73.9 Å². The van der Waals surface area contributed by atoms with Gasteiger partial charge in [0.1, 0.15) is 19.3 Å². The molecule has 2 aromatic carbocycles. The van der Waals surface area contributed by atoms with E-state index in [1.807, 2.05) is 0 Å². The third-order valence-electron chi connectivity index (χ3n) is 4.96. The smallest absolute Gasteiger partial charge is 0.416 e. The third-order valence-corrected chi connectivity index (χ3v) is 4.96. The van der Waals surface area contributed by atoms with Gasteiger partial charge < -0.3 is 19.5 Å². The molecule has 2 aromatic rings. The monoisotopic (exact) mass is 421 g/mol.